The van der Waals surface area contributed by atoms with Gasteiger partial charge in [0.15, 0.2) is 22.2 Å². The predicted molar refractivity (Wildman–Crippen MR) is 124 cm³/mol. The van der Waals surface area contributed by atoms with Gasteiger partial charge in [0.1, 0.15) is 5.54 Å². The average Bonchev–Trinajstić information content (AvgIpc) is 2.77. The molecule has 1 amide bonds. The lowest BCUT2D eigenvalue weighted by atomic mass is 9.74. The summed E-state index contributed by atoms with van der Waals surface area (Å²) in [6.07, 6.45) is 3.26. The van der Waals surface area contributed by atoms with Crippen molar-refractivity contribution in [2.75, 3.05) is 19.9 Å². The maximum Gasteiger partial charge on any atom is 0.338 e. The SMILES string of the molecule is Cc1ccc(S(C)(=O)=O)cc1C(=O)OCC(=O)N(C)[C@]1(c2ccccc2Cl)CCCCC1=O. The molecule has 176 valence electrons. The zero-order valence-corrected chi connectivity index (χ0v) is 20.3. The molecule has 9 heteroatoms. The molecule has 0 unspecified atom stereocenters. The van der Waals surface area contributed by atoms with Gasteiger partial charge < -0.3 is 9.64 Å². The number of halogens is 1. The van der Waals surface area contributed by atoms with Crippen molar-refractivity contribution in [2.45, 2.75) is 43.0 Å². The third-order valence-corrected chi connectivity index (χ3v) is 7.54. The van der Waals surface area contributed by atoms with Crippen LogP contribution in [-0.4, -0.2) is 50.9 Å². The van der Waals surface area contributed by atoms with Gasteiger partial charge in [-0.05, 0) is 49.9 Å². The second-order valence-electron chi connectivity index (χ2n) is 8.25. The molecule has 1 fully saturated rings. The van der Waals surface area contributed by atoms with E-state index < -0.39 is 33.9 Å². The minimum Gasteiger partial charge on any atom is -0.452 e. The van der Waals surface area contributed by atoms with Crippen LogP contribution in [0.5, 0.6) is 0 Å². The van der Waals surface area contributed by atoms with Gasteiger partial charge >= 0.3 is 5.97 Å². The molecule has 0 saturated heterocycles. The summed E-state index contributed by atoms with van der Waals surface area (Å²) in [7, 11) is -2.00. The van der Waals surface area contributed by atoms with Crippen molar-refractivity contribution < 1.29 is 27.5 Å². The molecule has 0 radical (unpaired) electrons. The number of sulfone groups is 1. The van der Waals surface area contributed by atoms with Gasteiger partial charge in [-0.1, -0.05) is 35.9 Å². The number of benzene rings is 2. The molecule has 0 spiro atoms. The number of ether oxygens (including phenoxy) is 1. The van der Waals surface area contributed by atoms with E-state index in [0.29, 0.717) is 29.0 Å². The normalized spacial score (nSPS) is 18.6. The van der Waals surface area contributed by atoms with Crippen LogP contribution in [0.3, 0.4) is 0 Å². The summed E-state index contributed by atoms with van der Waals surface area (Å²) in [5, 5.41) is 0.387. The highest BCUT2D eigenvalue weighted by atomic mass is 35.5. The number of hydrogen-bond donors (Lipinski definition) is 0. The number of carbonyl (C=O) groups is 3. The number of ketones is 1. The molecule has 7 nitrogen and oxygen atoms in total. The topological polar surface area (TPSA) is 97.8 Å². The van der Waals surface area contributed by atoms with Crippen LogP contribution in [0.4, 0.5) is 0 Å². The molecule has 3 rings (SSSR count). The van der Waals surface area contributed by atoms with E-state index in [1.165, 1.54) is 30.1 Å². The van der Waals surface area contributed by atoms with Gasteiger partial charge in [0.05, 0.1) is 10.5 Å². The van der Waals surface area contributed by atoms with Gasteiger partial charge in [-0.25, -0.2) is 13.2 Å². The molecular formula is C24H26ClNO6S. The monoisotopic (exact) mass is 491 g/mol. The van der Waals surface area contributed by atoms with Gasteiger partial charge in [0, 0.05) is 30.3 Å². The molecule has 1 atom stereocenters. The van der Waals surface area contributed by atoms with Crippen LogP contribution in [0.15, 0.2) is 47.4 Å². The lowest BCUT2D eigenvalue weighted by Crippen LogP contribution is -2.55. The van der Waals surface area contributed by atoms with E-state index in [-0.39, 0.29) is 16.2 Å². The van der Waals surface area contributed by atoms with Gasteiger partial charge in [0.2, 0.25) is 0 Å². The summed E-state index contributed by atoms with van der Waals surface area (Å²) in [6, 6.07) is 11.1. The van der Waals surface area contributed by atoms with Crippen LogP contribution in [0.2, 0.25) is 5.02 Å². The van der Waals surface area contributed by atoms with Crippen molar-refractivity contribution in [3.63, 3.8) is 0 Å². The molecule has 0 aromatic heterocycles. The Labute approximate surface area is 198 Å². The van der Waals surface area contributed by atoms with Crippen LogP contribution in [0.1, 0.15) is 47.2 Å². The Morgan fingerprint density at radius 2 is 1.85 bits per heavy atom. The van der Waals surface area contributed by atoms with E-state index in [4.69, 9.17) is 16.3 Å². The largest absolute Gasteiger partial charge is 0.452 e. The summed E-state index contributed by atoms with van der Waals surface area (Å²) in [5.74, 6) is -1.49. The summed E-state index contributed by atoms with van der Waals surface area (Å²) < 4.78 is 28.9. The van der Waals surface area contributed by atoms with Crippen molar-refractivity contribution in [2.24, 2.45) is 0 Å². The fraction of sp³-hybridized carbons (Fsp3) is 0.375. The lowest BCUT2D eigenvalue weighted by molar-refractivity contribution is -0.150. The highest BCUT2D eigenvalue weighted by Crippen LogP contribution is 2.42. The number of aryl methyl sites for hydroxylation is 1. The first-order chi connectivity index (χ1) is 15.5. The number of amides is 1. The summed E-state index contributed by atoms with van der Waals surface area (Å²) in [6.45, 7) is 1.04. The minimum absolute atomic E-state index is 0.0195. The van der Waals surface area contributed by atoms with E-state index in [9.17, 15) is 22.8 Å². The first-order valence-corrected chi connectivity index (χ1v) is 12.8. The molecular weight excluding hydrogens is 466 g/mol. The Hall–Kier alpha value is -2.71. The number of carbonyl (C=O) groups excluding carboxylic acids is 3. The number of nitrogens with zero attached hydrogens (tertiary/aromatic N) is 1. The smallest absolute Gasteiger partial charge is 0.338 e. The molecule has 2 aromatic carbocycles. The molecule has 33 heavy (non-hydrogen) atoms. The fourth-order valence-electron chi connectivity index (χ4n) is 4.20. The number of esters is 1. The molecule has 1 saturated carbocycles. The maximum absolute atomic E-state index is 13.1. The molecule has 0 aliphatic heterocycles. The van der Waals surface area contributed by atoms with Crippen molar-refractivity contribution in [3.8, 4) is 0 Å². The van der Waals surface area contributed by atoms with E-state index in [1.54, 1.807) is 31.2 Å². The van der Waals surface area contributed by atoms with Gasteiger partial charge in [-0.2, -0.15) is 0 Å². The third kappa shape index (κ3) is 4.96. The van der Waals surface area contributed by atoms with Gasteiger partial charge in [0.25, 0.3) is 5.91 Å². The zero-order chi connectivity index (χ0) is 24.4. The van der Waals surface area contributed by atoms with E-state index in [1.807, 2.05) is 0 Å². The first kappa shape index (κ1) is 24.9. The van der Waals surface area contributed by atoms with Crippen LogP contribution in [0.25, 0.3) is 0 Å². The standard InChI is InChI=1S/C24H26ClNO6S/c1-16-11-12-17(33(3,30)31)14-18(16)23(29)32-15-22(28)26(2)24(13-7-6-10-21(24)27)19-8-4-5-9-20(19)25/h4-5,8-9,11-12,14H,6-7,10,13,15H2,1-3H3/t24-/m0/s1. The summed E-state index contributed by atoms with van der Waals surface area (Å²) in [5.41, 5.74) is -0.104. The Kier molecular flexibility index (Phi) is 7.29. The molecule has 1 aliphatic rings. The van der Waals surface area contributed by atoms with Crippen molar-refractivity contribution in [1.82, 2.24) is 4.90 Å². The second kappa shape index (κ2) is 9.65. The Morgan fingerprint density at radius 3 is 2.48 bits per heavy atom. The Morgan fingerprint density at radius 1 is 1.15 bits per heavy atom. The van der Waals surface area contributed by atoms with Crippen LogP contribution >= 0.6 is 11.6 Å². The van der Waals surface area contributed by atoms with Gasteiger partial charge in [-0.3, -0.25) is 9.59 Å². The number of likely N-dealkylation sites (N-methyl/N-ethyl adjacent to an activating group) is 1. The first-order valence-electron chi connectivity index (χ1n) is 10.5. The van der Waals surface area contributed by atoms with E-state index in [0.717, 1.165) is 19.1 Å². The van der Waals surface area contributed by atoms with Gasteiger partial charge in [-0.15, -0.1) is 0 Å². The average molecular weight is 492 g/mol. The summed E-state index contributed by atoms with van der Waals surface area (Å²) in [4.78, 5) is 40.2. The maximum atomic E-state index is 13.1. The summed E-state index contributed by atoms with van der Waals surface area (Å²) >= 11 is 6.41. The highest BCUT2D eigenvalue weighted by molar-refractivity contribution is 7.90. The predicted octanol–water partition coefficient (Wildman–Crippen LogP) is 3.71. The van der Waals surface area contributed by atoms with Crippen LogP contribution in [0, 0.1) is 6.92 Å². The fourth-order valence-corrected chi connectivity index (χ4v) is 5.14. The Bertz CT molecular complexity index is 1210. The number of hydrogen-bond acceptors (Lipinski definition) is 6. The molecule has 0 heterocycles. The minimum atomic E-state index is -3.52. The number of rotatable bonds is 6. The quantitative estimate of drug-likeness (QED) is 0.571. The molecule has 0 N–H and O–H groups in total. The van der Waals surface area contributed by atoms with E-state index in [2.05, 4.69) is 0 Å². The Balaban J connectivity index is 1.84. The highest BCUT2D eigenvalue weighted by Gasteiger charge is 2.48. The second-order valence-corrected chi connectivity index (χ2v) is 10.7. The van der Waals surface area contributed by atoms with Crippen molar-refractivity contribution in [1.29, 1.82) is 0 Å². The van der Waals surface area contributed by atoms with Crippen LogP contribution < -0.4 is 0 Å². The lowest BCUT2D eigenvalue weighted by Gasteiger charge is -2.43. The zero-order valence-electron chi connectivity index (χ0n) is 18.8. The number of Topliss-reactive ketones (excluding diaryl/α,β-unsaturated/α-hetero) is 1. The molecule has 1 aliphatic carbocycles. The third-order valence-electron chi connectivity index (χ3n) is 6.10. The van der Waals surface area contributed by atoms with Crippen molar-refractivity contribution in [3.05, 3.63) is 64.2 Å². The van der Waals surface area contributed by atoms with Crippen molar-refractivity contribution >= 4 is 39.1 Å². The molecule has 2 aromatic rings. The van der Waals surface area contributed by atoms with E-state index >= 15 is 0 Å². The molecule has 0 bridgehead atoms. The van der Waals surface area contributed by atoms with Crippen LogP contribution in [-0.2, 0) is 29.7 Å².